The summed E-state index contributed by atoms with van der Waals surface area (Å²) in [7, 11) is 0. The lowest BCUT2D eigenvalue weighted by molar-refractivity contribution is 0.0729. The number of nitrogens with zero attached hydrogens (tertiary/aromatic N) is 1. The Bertz CT molecular complexity index is 377. The summed E-state index contributed by atoms with van der Waals surface area (Å²) in [6, 6.07) is 2.08. The van der Waals surface area contributed by atoms with Gasteiger partial charge in [0.15, 0.2) is 0 Å². The molecule has 3 heteroatoms. The second-order valence-electron chi connectivity index (χ2n) is 4.40. The largest absolute Gasteiger partial charge is 0.338 e. The van der Waals surface area contributed by atoms with Crippen molar-refractivity contribution in [2.24, 2.45) is 0 Å². The van der Waals surface area contributed by atoms with E-state index in [2.05, 4.69) is 19.9 Å². The Kier molecular flexibility index (Phi) is 3.64. The molecule has 0 radical (unpaired) electrons. The van der Waals surface area contributed by atoms with Crippen LogP contribution in [0.25, 0.3) is 0 Å². The van der Waals surface area contributed by atoms with E-state index >= 15 is 0 Å². The van der Waals surface area contributed by atoms with Gasteiger partial charge in [-0.05, 0) is 44.2 Å². The first-order valence-corrected chi connectivity index (χ1v) is 6.92. The topological polar surface area (TPSA) is 20.3 Å². The van der Waals surface area contributed by atoms with Crippen LogP contribution in [0, 0.1) is 6.92 Å². The molecule has 0 spiro atoms. The van der Waals surface area contributed by atoms with Gasteiger partial charge in [-0.25, -0.2) is 0 Å². The monoisotopic (exact) mass is 237 g/mol. The highest BCUT2D eigenvalue weighted by Crippen LogP contribution is 2.24. The Morgan fingerprint density at radius 3 is 2.62 bits per heavy atom. The summed E-state index contributed by atoms with van der Waals surface area (Å²) in [5.74, 6) is 0.243. The fourth-order valence-electron chi connectivity index (χ4n) is 2.23. The molecule has 1 saturated heterocycles. The van der Waals surface area contributed by atoms with Crippen LogP contribution in [-0.4, -0.2) is 23.9 Å². The van der Waals surface area contributed by atoms with E-state index in [4.69, 9.17) is 0 Å². The van der Waals surface area contributed by atoms with Gasteiger partial charge in [-0.1, -0.05) is 6.92 Å². The summed E-state index contributed by atoms with van der Waals surface area (Å²) in [5.41, 5.74) is 1.32. The Morgan fingerprint density at radius 1 is 1.38 bits per heavy atom. The van der Waals surface area contributed by atoms with E-state index in [1.165, 1.54) is 16.9 Å². The second-order valence-corrected chi connectivity index (χ2v) is 5.65. The molecule has 88 valence electrons. The number of rotatable bonds is 2. The molecule has 2 heterocycles. The van der Waals surface area contributed by atoms with Crippen molar-refractivity contribution in [1.29, 1.82) is 0 Å². The predicted octanol–water partition coefficient (Wildman–Crippen LogP) is 3.25. The minimum absolute atomic E-state index is 0.243. The van der Waals surface area contributed by atoms with Crippen LogP contribution in [0.15, 0.2) is 6.07 Å². The van der Waals surface area contributed by atoms with Crippen LogP contribution in [0.4, 0.5) is 0 Å². The molecule has 1 aliphatic heterocycles. The number of hydrogen-bond acceptors (Lipinski definition) is 2. The second kappa shape index (κ2) is 5.00. The first kappa shape index (κ1) is 11.6. The van der Waals surface area contributed by atoms with E-state index in [9.17, 15) is 4.79 Å². The zero-order valence-electron chi connectivity index (χ0n) is 10.1. The number of thiophene rings is 1. The Labute approximate surface area is 101 Å². The summed E-state index contributed by atoms with van der Waals surface area (Å²) in [4.78, 5) is 16.4. The molecule has 0 aliphatic carbocycles. The van der Waals surface area contributed by atoms with Crippen LogP contribution in [0.1, 0.15) is 46.3 Å². The van der Waals surface area contributed by atoms with E-state index in [0.29, 0.717) is 0 Å². The maximum atomic E-state index is 12.2. The van der Waals surface area contributed by atoms with Crippen molar-refractivity contribution in [3.8, 4) is 0 Å². The Morgan fingerprint density at radius 2 is 2.06 bits per heavy atom. The van der Waals surface area contributed by atoms with Crippen molar-refractivity contribution in [2.45, 2.75) is 39.5 Å². The van der Waals surface area contributed by atoms with Gasteiger partial charge < -0.3 is 4.90 Å². The van der Waals surface area contributed by atoms with Gasteiger partial charge in [0.1, 0.15) is 0 Å². The number of hydrogen-bond donors (Lipinski definition) is 0. The molecule has 0 aromatic carbocycles. The van der Waals surface area contributed by atoms with E-state index in [0.717, 1.165) is 37.2 Å². The molecule has 1 aromatic heterocycles. The molecule has 2 rings (SSSR count). The van der Waals surface area contributed by atoms with Crippen LogP contribution in [0.3, 0.4) is 0 Å². The molecule has 16 heavy (non-hydrogen) atoms. The summed E-state index contributed by atoms with van der Waals surface area (Å²) in [6.07, 6.45) is 4.62. The number of amides is 1. The zero-order valence-corrected chi connectivity index (χ0v) is 10.9. The molecule has 0 N–H and O–H groups in total. The maximum absolute atomic E-state index is 12.2. The minimum Gasteiger partial charge on any atom is -0.338 e. The van der Waals surface area contributed by atoms with Crippen molar-refractivity contribution < 1.29 is 4.79 Å². The number of piperidine rings is 1. The fourth-order valence-corrected chi connectivity index (χ4v) is 3.31. The van der Waals surface area contributed by atoms with Crippen LogP contribution in [0.2, 0.25) is 0 Å². The molecule has 1 aromatic rings. The van der Waals surface area contributed by atoms with Crippen molar-refractivity contribution in [2.75, 3.05) is 13.1 Å². The maximum Gasteiger partial charge on any atom is 0.263 e. The molecular formula is C13H19NOS. The van der Waals surface area contributed by atoms with E-state index in [1.807, 2.05) is 4.90 Å². The van der Waals surface area contributed by atoms with Gasteiger partial charge in [0.25, 0.3) is 5.91 Å². The van der Waals surface area contributed by atoms with Crippen LogP contribution >= 0.6 is 11.3 Å². The van der Waals surface area contributed by atoms with Crippen molar-refractivity contribution in [3.05, 3.63) is 21.4 Å². The van der Waals surface area contributed by atoms with Gasteiger partial charge in [-0.2, -0.15) is 0 Å². The van der Waals surface area contributed by atoms with Gasteiger partial charge in [-0.3, -0.25) is 4.79 Å². The quantitative estimate of drug-likeness (QED) is 0.773. The summed E-state index contributed by atoms with van der Waals surface area (Å²) < 4.78 is 0. The smallest absolute Gasteiger partial charge is 0.263 e. The summed E-state index contributed by atoms with van der Waals surface area (Å²) in [6.45, 7) is 6.13. The van der Waals surface area contributed by atoms with Crippen LogP contribution in [-0.2, 0) is 6.42 Å². The summed E-state index contributed by atoms with van der Waals surface area (Å²) in [5, 5.41) is 0. The fraction of sp³-hybridized carbons (Fsp3) is 0.615. The van der Waals surface area contributed by atoms with E-state index in [-0.39, 0.29) is 5.91 Å². The predicted molar refractivity (Wildman–Crippen MR) is 68.2 cm³/mol. The van der Waals surface area contributed by atoms with Gasteiger partial charge >= 0.3 is 0 Å². The van der Waals surface area contributed by atoms with Crippen molar-refractivity contribution >= 4 is 17.2 Å². The lowest BCUT2D eigenvalue weighted by Gasteiger charge is -2.26. The summed E-state index contributed by atoms with van der Waals surface area (Å²) >= 11 is 1.65. The third kappa shape index (κ3) is 2.29. The van der Waals surface area contributed by atoms with Gasteiger partial charge in [0, 0.05) is 18.0 Å². The Hall–Kier alpha value is -0.830. The van der Waals surface area contributed by atoms with Crippen molar-refractivity contribution in [3.63, 3.8) is 0 Å². The lowest BCUT2D eigenvalue weighted by Crippen LogP contribution is -2.35. The number of likely N-dealkylation sites (tertiary alicyclic amines) is 1. The first-order valence-electron chi connectivity index (χ1n) is 6.11. The highest BCUT2D eigenvalue weighted by Gasteiger charge is 2.20. The molecule has 0 atom stereocenters. The molecule has 0 unspecified atom stereocenters. The average Bonchev–Trinajstić information content (AvgIpc) is 2.71. The number of carbonyl (C=O) groups is 1. The van der Waals surface area contributed by atoms with Gasteiger partial charge in [-0.15, -0.1) is 11.3 Å². The molecule has 0 bridgehead atoms. The van der Waals surface area contributed by atoms with Gasteiger partial charge in [0.2, 0.25) is 0 Å². The highest BCUT2D eigenvalue weighted by atomic mass is 32.1. The molecule has 2 nitrogen and oxygen atoms in total. The third-order valence-corrected chi connectivity index (χ3v) is 4.34. The van der Waals surface area contributed by atoms with E-state index < -0.39 is 0 Å². The molecular weight excluding hydrogens is 218 g/mol. The Balaban J connectivity index is 2.13. The normalized spacial score (nSPS) is 16.5. The molecule has 1 aliphatic rings. The van der Waals surface area contributed by atoms with Gasteiger partial charge in [0.05, 0.1) is 4.88 Å². The molecule has 0 saturated carbocycles. The SMILES string of the molecule is CCc1cc(C(=O)N2CCCCC2)sc1C. The third-order valence-electron chi connectivity index (χ3n) is 3.26. The zero-order chi connectivity index (χ0) is 11.5. The minimum atomic E-state index is 0.243. The standard InChI is InChI=1S/C13H19NOS/c1-3-11-9-12(16-10(11)2)13(15)14-7-5-4-6-8-14/h9H,3-8H2,1-2H3. The number of carbonyl (C=O) groups excluding carboxylic acids is 1. The lowest BCUT2D eigenvalue weighted by atomic mass is 10.1. The van der Waals surface area contributed by atoms with Crippen molar-refractivity contribution in [1.82, 2.24) is 4.90 Å². The molecule has 1 amide bonds. The van der Waals surface area contributed by atoms with Crippen LogP contribution in [0.5, 0.6) is 0 Å². The first-order chi connectivity index (χ1) is 7.72. The average molecular weight is 237 g/mol. The number of aryl methyl sites for hydroxylation is 2. The molecule has 1 fully saturated rings. The van der Waals surface area contributed by atoms with Crippen LogP contribution < -0.4 is 0 Å². The highest BCUT2D eigenvalue weighted by molar-refractivity contribution is 7.14. The van der Waals surface area contributed by atoms with E-state index in [1.54, 1.807) is 11.3 Å².